The number of amides is 1. The molecule has 1 N–H and O–H groups in total. The topological polar surface area (TPSA) is 70.5 Å². The molecule has 104 valence electrons. The average molecular weight is 290 g/mol. The molecule has 0 atom stereocenters. The fourth-order valence-electron chi connectivity index (χ4n) is 1.77. The Morgan fingerprint density at radius 1 is 1.25 bits per heavy atom. The first-order valence-electron chi connectivity index (χ1n) is 6.10. The van der Waals surface area contributed by atoms with Gasteiger partial charge in [-0.15, -0.1) is 11.3 Å². The molecule has 0 spiro atoms. The number of aliphatic carboxylic acids is 1. The highest BCUT2D eigenvalue weighted by Crippen LogP contribution is 2.11. The third-order valence-corrected chi connectivity index (χ3v) is 3.34. The first-order valence-corrected chi connectivity index (χ1v) is 7.04. The lowest BCUT2D eigenvalue weighted by molar-refractivity contribution is -0.137. The van der Waals surface area contributed by atoms with Crippen LogP contribution in [-0.2, 0) is 11.3 Å². The van der Waals surface area contributed by atoms with Crippen LogP contribution in [0.5, 0.6) is 0 Å². The minimum absolute atomic E-state index is 0.0806. The van der Waals surface area contributed by atoms with Gasteiger partial charge in [-0.1, -0.05) is 30.3 Å². The first-order chi connectivity index (χ1) is 9.66. The number of nitrogens with zero attached hydrogens (tertiary/aromatic N) is 2. The molecule has 1 aromatic heterocycles. The second-order valence-electron chi connectivity index (χ2n) is 4.23. The molecule has 5 nitrogen and oxygen atoms in total. The van der Waals surface area contributed by atoms with Crippen molar-refractivity contribution in [2.45, 2.75) is 13.0 Å². The van der Waals surface area contributed by atoms with Gasteiger partial charge in [0.25, 0.3) is 5.91 Å². The van der Waals surface area contributed by atoms with Crippen LogP contribution in [0.15, 0.2) is 41.2 Å². The third kappa shape index (κ3) is 3.89. The number of hydrogen-bond acceptors (Lipinski definition) is 4. The Morgan fingerprint density at radius 3 is 2.60 bits per heavy atom. The monoisotopic (exact) mass is 290 g/mol. The summed E-state index contributed by atoms with van der Waals surface area (Å²) < 4.78 is 0. The third-order valence-electron chi connectivity index (χ3n) is 2.75. The number of hydrogen-bond donors (Lipinski definition) is 1. The summed E-state index contributed by atoms with van der Waals surface area (Å²) in [7, 11) is 0. The normalized spacial score (nSPS) is 10.2. The molecule has 0 aliphatic rings. The summed E-state index contributed by atoms with van der Waals surface area (Å²) in [5.41, 5.74) is 2.91. The lowest BCUT2D eigenvalue weighted by Gasteiger charge is -2.21. The van der Waals surface area contributed by atoms with Gasteiger partial charge >= 0.3 is 5.97 Å². The Morgan fingerprint density at radius 2 is 2.00 bits per heavy atom. The number of carbonyl (C=O) groups excluding carboxylic acids is 1. The average Bonchev–Trinajstić information content (AvgIpc) is 2.97. The van der Waals surface area contributed by atoms with Crippen molar-refractivity contribution in [3.05, 3.63) is 52.5 Å². The van der Waals surface area contributed by atoms with E-state index < -0.39 is 5.97 Å². The zero-order chi connectivity index (χ0) is 14.4. The van der Waals surface area contributed by atoms with Crippen LogP contribution in [0.2, 0.25) is 0 Å². The molecule has 0 unspecified atom stereocenters. The van der Waals surface area contributed by atoms with Crippen molar-refractivity contribution in [1.82, 2.24) is 9.88 Å². The number of rotatable bonds is 6. The SMILES string of the molecule is O=C(O)CCN(Cc1ccccc1)C(=O)c1cscn1. The van der Waals surface area contributed by atoms with Crippen molar-refractivity contribution < 1.29 is 14.7 Å². The van der Waals surface area contributed by atoms with Gasteiger partial charge in [-0.2, -0.15) is 0 Å². The second kappa shape index (κ2) is 6.81. The van der Waals surface area contributed by atoms with Crippen molar-refractivity contribution in [1.29, 1.82) is 0 Å². The largest absolute Gasteiger partial charge is 0.481 e. The van der Waals surface area contributed by atoms with Crippen molar-refractivity contribution >= 4 is 23.2 Å². The van der Waals surface area contributed by atoms with Gasteiger partial charge in [0.15, 0.2) is 0 Å². The van der Waals surface area contributed by atoms with Crippen LogP contribution in [0.1, 0.15) is 22.5 Å². The molecule has 2 aromatic rings. The van der Waals surface area contributed by atoms with Crippen molar-refractivity contribution in [3.8, 4) is 0 Å². The van der Waals surface area contributed by atoms with Crippen LogP contribution >= 0.6 is 11.3 Å². The summed E-state index contributed by atoms with van der Waals surface area (Å²) in [6.45, 7) is 0.547. The standard InChI is InChI=1S/C14H14N2O3S/c17-13(18)6-7-16(8-11-4-2-1-3-5-11)14(19)12-9-20-10-15-12/h1-5,9-10H,6-8H2,(H,17,18). The molecule has 0 aliphatic heterocycles. The summed E-state index contributed by atoms with van der Waals surface area (Å²) in [5.74, 6) is -1.16. The molecule has 6 heteroatoms. The molecule has 1 heterocycles. The van der Waals surface area contributed by atoms with Crippen LogP contribution in [0, 0.1) is 0 Å². The van der Waals surface area contributed by atoms with Crippen LogP contribution < -0.4 is 0 Å². The smallest absolute Gasteiger partial charge is 0.305 e. The number of benzene rings is 1. The fourth-order valence-corrected chi connectivity index (χ4v) is 2.29. The van der Waals surface area contributed by atoms with E-state index in [0.717, 1.165) is 5.56 Å². The minimum atomic E-state index is -0.922. The van der Waals surface area contributed by atoms with E-state index in [1.54, 1.807) is 10.9 Å². The van der Waals surface area contributed by atoms with E-state index in [9.17, 15) is 9.59 Å². The molecular weight excluding hydrogens is 276 g/mol. The molecule has 1 amide bonds. The molecule has 0 aliphatic carbocycles. The second-order valence-corrected chi connectivity index (χ2v) is 4.95. The highest BCUT2D eigenvalue weighted by molar-refractivity contribution is 7.07. The molecule has 2 rings (SSSR count). The Hall–Kier alpha value is -2.21. The minimum Gasteiger partial charge on any atom is -0.481 e. The Balaban J connectivity index is 2.12. The summed E-state index contributed by atoms with van der Waals surface area (Å²) in [5, 5.41) is 10.5. The van der Waals surface area contributed by atoms with E-state index in [2.05, 4.69) is 4.98 Å². The predicted molar refractivity (Wildman–Crippen MR) is 75.5 cm³/mol. The van der Waals surface area contributed by atoms with Gasteiger partial charge in [0.1, 0.15) is 5.69 Å². The Labute approximate surface area is 120 Å². The maximum absolute atomic E-state index is 12.3. The van der Waals surface area contributed by atoms with Gasteiger partial charge in [-0.05, 0) is 5.56 Å². The predicted octanol–water partition coefficient (Wildman–Crippen LogP) is 2.26. The Bertz CT molecular complexity index is 569. The van der Waals surface area contributed by atoms with E-state index in [1.807, 2.05) is 30.3 Å². The van der Waals surface area contributed by atoms with E-state index in [0.29, 0.717) is 12.2 Å². The summed E-state index contributed by atoms with van der Waals surface area (Å²) >= 11 is 1.34. The number of aromatic nitrogens is 1. The molecule has 0 saturated carbocycles. The molecule has 0 radical (unpaired) electrons. The zero-order valence-electron chi connectivity index (χ0n) is 10.7. The van der Waals surface area contributed by atoms with Crippen molar-refractivity contribution in [3.63, 3.8) is 0 Å². The van der Waals surface area contributed by atoms with Gasteiger partial charge in [-0.3, -0.25) is 9.59 Å². The van der Waals surface area contributed by atoms with E-state index >= 15 is 0 Å². The maximum atomic E-state index is 12.3. The molecule has 0 fully saturated rings. The van der Waals surface area contributed by atoms with Crippen molar-refractivity contribution in [2.75, 3.05) is 6.54 Å². The Kier molecular flexibility index (Phi) is 4.84. The van der Waals surface area contributed by atoms with Crippen LogP contribution in [-0.4, -0.2) is 33.4 Å². The summed E-state index contributed by atoms with van der Waals surface area (Å²) in [6.07, 6.45) is -0.0806. The summed E-state index contributed by atoms with van der Waals surface area (Å²) in [6, 6.07) is 9.48. The molecule has 1 aromatic carbocycles. The lowest BCUT2D eigenvalue weighted by Crippen LogP contribution is -2.32. The zero-order valence-corrected chi connectivity index (χ0v) is 11.5. The number of carboxylic acids is 1. The van der Waals surface area contributed by atoms with Crippen LogP contribution in [0.3, 0.4) is 0 Å². The fraction of sp³-hybridized carbons (Fsp3) is 0.214. The van der Waals surface area contributed by atoms with E-state index in [4.69, 9.17) is 5.11 Å². The van der Waals surface area contributed by atoms with Crippen molar-refractivity contribution in [2.24, 2.45) is 0 Å². The maximum Gasteiger partial charge on any atom is 0.305 e. The summed E-state index contributed by atoms with van der Waals surface area (Å²) in [4.78, 5) is 28.5. The number of carbonyl (C=O) groups is 2. The lowest BCUT2D eigenvalue weighted by atomic mass is 10.2. The molecule has 20 heavy (non-hydrogen) atoms. The first kappa shape index (κ1) is 14.2. The van der Waals surface area contributed by atoms with Gasteiger partial charge in [0, 0.05) is 18.5 Å². The number of carboxylic acid groups (broad SMARTS) is 1. The van der Waals surface area contributed by atoms with Gasteiger partial charge in [0.05, 0.1) is 11.9 Å². The molecule has 0 bridgehead atoms. The quantitative estimate of drug-likeness (QED) is 0.886. The van der Waals surface area contributed by atoms with Crippen LogP contribution in [0.4, 0.5) is 0 Å². The number of thiazole rings is 1. The van der Waals surface area contributed by atoms with Gasteiger partial charge in [-0.25, -0.2) is 4.98 Å². The van der Waals surface area contributed by atoms with Gasteiger partial charge < -0.3 is 10.0 Å². The van der Waals surface area contributed by atoms with Crippen LogP contribution in [0.25, 0.3) is 0 Å². The molecule has 0 saturated heterocycles. The van der Waals surface area contributed by atoms with E-state index in [1.165, 1.54) is 16.2 Å². The highest BCUT2D eigenvalue weighted by Gasteiger charge is 2.18. The highest BCUT2D eigenvalue weighted by atomic mass is 32.1. The van der Waals surface area contributed by atoms with E-state index in [-0.39, 0.29) is 18.9 Å². The van der Waals surface area contributed by atoms with Gasteiger partial charge in [0.2, 0.25) is 0 Å². The molecular formula is C14H14N2O3S.